The van der Waals surface area contributed by atoms with Gasteiger partial charge in [-0.25, -0.2) is 4.98 Å². The van der Waals surface area contributed by atoms with Crippen LogP contribution in [0.2, 0.25) is 0 Å². The molecule has 8 heteroatoms. The van der Waals surface area contributed by atoms with Gasteiger partial charge in [0, 0.05) is 5.56 Å². The van der Waals surface area contributed by atoms with Crippen LogP contribution in [0.1, 0.15) is 5.89 Å². The lowest BCUT2D eigenvalue weighted by atomic mass is 10.2. The van der Waals surface area contributed by atoms with Crippen molar-refractivity contribution in [1.29, 1.82) is 0 Å². The van der Waals surface area contributed by atoms with E-state index < -0.39 is 0 Å². The van der Waals surface area contributed by atoms with Gasteiger partial charge in [0.2, 0.25) is 11.7 Å². The number of thioether (sulfide) groups is 1. The summed E-state index contributed by atoms with van der Waals surface area (Å²) in [5, 5.41) is 4.06. The summed E-state index contributed by atoms with van der Waals surface area (Å²) in [5.41, 5.74) is 1.82. The number of nitrogens with zero attached hydrogens (tertiary/aromatic N) is 3. The van der Waals surface area contributed by atoms with Gasteiger partial charge in [-0.15, -0.1) is 11.3 Å². The molecule has 0 N–H and O–H groups in total. The largest absolute Gasteiger partial charge is 0.493 e. The minimum atomic E-state index is 0.519. The maximum Gasteiger partial charge on any atom is 0.237 e. The Hall–Kier alpha value is -2.58. The Labute approximate surface area is 158 Å². The first kappa shape index (κ1) is 16.9. The molecular weight excluding hydrogens is 370 g/mol. The van der Waals surface area contributed by atoms with Gasteiger partial charge >= 0.3 is 0 Å². The molecule has 0 radical (unpaired) electrons. The predicted octanol–water partition coefficient (Wildman–Crippen LogP) is 4.66. The fraction of sp³-hybridized carbons (Fsp3) is 0.167. The molecule has 0 amide bonds. The van der Waals surface area contributed by atoms with Gasteiger partial charge in [-0.2, -0.15) is 4.98 Å². The summed E-state index contributed by atoms with van der Waals surface area (Å²) in [6.45, 7) is 0. The van der Waals surface area contributed by atoms with Gasteiger partial charge in [-0.3, -0.25) is 0 Å². The summed E-state index contributed by atoms with van der Waals surface area (Å²) in [6.07, 6.45) is 0. The molecule has 0 fully saturated rings. The minimum Gasteiger partial charge on any atom is -0.493 e. The van der Waals surface area contributed by atoms with E-state index in [1.54, 1.807) is 37.3 Å². The molecule has 0 aliphatic heterocycles. The number of hydrogen-bond acceptors (Lipinski definition) is 8. The molecule has 0 atom stereocenters. The van der Waals surface area contributed by atoms with Crippen LogP contribution in [-0.2, 0) is 5.75 Å². The van der Waals surface area contributed by atoms with E-state index >= 15 is 0 Å². The summed E-state index contributed by atoms with van der Waals surface area (Å²) >= 11 is 3.25. The van der Waals surface area contributed by atoms with Crippen molar-refractivity contribution in [3.8, 4) is 22.9 Å². The lowest BCUT2D eigenvalue weighted by Gasteiger charge is -2.07. The maximum atomic E-state index is 5.37. The average molecular weight is 385 g/mol. The zero-order chi connectivity index (χ0) is 17.9. The van der Waals surface area contributed by atoms with E-state index in [2.05, 4.69) is 21.2 Å². The van der Waals surface area contributed by atoms with E-state index in [1.165, 1.54) is 4.70 Å². The van der Waals surface area contributed by atoms with Crippen LogP contribution >= 0.6 is 23.1 Å². The molecule has 0 unspecified atom stereocenters. The topological polar surface area (TPSA) is 70.3 Å². The quantitative estimate of drug-likeness (QED) is 0.447. The SMILES string of the molecule is COc1ccc(-c2noc(CSc3nc4ccccc4s3)n2)cc1OC. The van der Waals surface area contributed by atoms with Gasteiger partial charge in [0.1, 0.15) is 0 Å². The zero-order valence-electron chi connectivity index (χ0n) is 14.1. The van der Waals surface area contributed by atoms with Gasteiger partial charge < -0.3 is 14.0 Å². The van der Waals surface area contributed by atoms with Crippen molar-refractivity contribution in [3.05, 3.63) is 48.4 Å². The number of fused-ring (bicyclic) bond motifs is 1. The highest BCUT2D eigenvalue weighted by Gasteiger charge is 2.13. The normalized spacial score (nSPS) is 11.0. The second kappa shape index (κ2) is 7.35. The van der Waals surface area contributed by atoms with Crippen LogP contribution < -0.4 is 9.47 Å². The highest BCUT2D eigenvalue weighted by molar-refractivity contribution is 8.00. The number of benzene rings is 2. The number of methoxy groups -OCH3 is 2. The molecule has 0 aliphatic carbocycles. The van der Waals surface area contributed by atoms with E-state index in [0.717, 1.165) is 15.4 Å². The summed E-state index contributed by atoms with van der Waals surface area (Å²) in [7, 11) is 3.20. The van der Waals surface area contributed by atoms with Crippen molar-refractivity contribution in [2.75, 3.05) is 14.2 Å². The van der Waals surface area contributed by atoms with Crippen molar-refractivity contribution in [2.24, 2.45) is 0 Å². The fourth-order valence-corrected chi connectivity index (χ4v) is 4.35. The van der Waals surface area contributed by atoms with Crippen LogP contribution in [0.15, 0.2) is 51.3 Å². The molecular formula is C18H15N3O3S2. The number of thiazole rings is 1. The highest BCUT2D eigenvalue weighted by Crippen LogP contribution is 2.33. The van der Waals surface area contributed by atoms with Gasteiger partial charge in [0.05, 0.1) is 30.2 Å². The molecule has 132 valence electrons. The van der Waals surface area contributed by atoms with Crippen molar-refractivity contribution < 1.29 is 14.0 Å². The van der Waals surface area contributed by atoms with Gasteiger partial charge in [-0.1, -0.05) is 29.1 Å². The molecule has 26 heavy (non-hydrogen) atoms. The van der Waals surface area contributed by atoms with E-state index in [0.29, 0.717) is 29.0 Å². The number of para-hydroxylation sites is 1. The molecule has 0 bridgehead atoms. The first-order chi connectivity index (χ1) is 12.8. The molecule has 4 aromatic rings. The first-order valence-corrected chi connectivity index (χ1v) is 9.60. The number of hydrogen-bond donors (Lipinski definition) is 0. The monoisotopic (exact) mass is 385 g/mol. The molecule has 0 aliphatic rings. The Morgan fingerprint density at radius 1 is 1.04 bits per heavy atom. The summed E-state index contributed by atoms with van der Waals surface area (Å²) in [4.78, 5) is 9.06. The average Bonchev–Trinajstić information content (AvgIpc) is 3.32. The van der Waals surface area contributed by atoms with Crippen LogP contribution in [0.5, 0.6) is 11.5 Å². The lowest BCUT2D eigenvalue weighted by molar-refractivity contribution is 0.355. The maximum absolute atomic E-state index is 5.37. The molecule has 0 spiro atoms. The number of ether oxygens (including phenoxy) is 2. The van der Waals surface area contributed by atoms with Gasteiger partial charge in [0.25, 0.3) is 0 Å². The molecule has 0 saturated heterocycles. The Balaban J connectivity index is 1.49. The second-order valence-electron chi connectivity index (χ2n) is 5.32. The van der Waals surface area contributed by atoms with Crippen LogP contribution in [0, 0.1) is 0 Å². The van der Waals surface area contributed by atoms with Crippen LogP contribution in [-0.4, -0.2) is 29.3 Å². The van der Waals surface area contributed by atoms with Crippen LogP contribution in [0.4, 0.5) is 0 Å². The third kappa shape index (κ3) is 3.38. The van der Waals surface area contributed by atoms with E-state index in [1.807, 2.05) is 36.4 Å². The summed E-state index contributed by atoms with van der Waals surface area (Å²) in [5.74, 6) is 2.93. The third-order valence-electron chi connectivity index (χ3n) is 3.70. The Morgan fingerprint density at radius 2 is 1.88 bits per heavy atom. The standard InChI is InChI=1S/C18H15N3O3S2/c1-22-13-8-7-11(9-14(13)23-2)17-20-16(24-21-17)10-25-18-19-12-5-3-4-6-15(12)26-18/h3-9H,10H2,1-2H3. The Kier molecular flexibility index (Phi) is 4.77. The van der Waals surface area contributed by atoms with E-state index in [4.69, 9.17) is 14.0 Å². The molecule has 2 heterocycles. The van der Waals surface area contributed by atoms with Gasteiger partial charge in [-0.05, 0) is 30.3 Å². The minimum absolute atomic E-state index is 0.519. The Bertz CT molecular complexity index is 1010. The number of aromatic nitrogens is 3. The smallest absolute Gasteiger partial charge is 0.237 e. The van der Waals surface area contributed by atoms with Crippen LogP contribution in [0.25, 0.3) is 21.6 Å². The van der Waals surface area contributed by atoms with Crippen molar-refractivity contribution in [2.45, 2.75) is 10.1 Å². The molecule has 4 rings (SSSR count). The molecule has 6 nitrogen and oxygen atoms in total. The van der Waals surface area contributed by atoms with E-state index in [9.17, 15) is 0 Å². The molecule has 2 aromatic carbocycles. The predicted molar refractivity (Wildman–Crippen MR) is 102 cm³/mol. The van der Waals surface area contributed by atoms with Crippen molar-refractivity contribution in [3.63, 3.8) is 0 Å². The van der Waals surface area contributed by atoms with Crippen LogP contribution in [0.3, 0.4) is 0 Å². The first-order valence-electron chi connectivity index (χ1n) is 7.80. The zero-order valence-corrected chi connectivity index (χ0v) is 15.8. The van der Waals surface area contributed by atoms with Crippen molar-refractivity contribution in [1.82, 2.24) is 15.1 Å². The third-order valence-corrected chi connectivity index (χ3v) is 5.87. The second-order valence-corrected chi connectivity index (χ2v) is 7.57. The Morgan fingerprint density at radius 3 is 2.69 bits per heavy atom. The summed E-state index contributed by atoms with van der Waals surface area (Å²) in [6, 6.07) is 13.6. The number of rotatable bonds is 6. The van der Waals surface area contributed by atoms with E-state index in [-0.39, 0.29) is 0 Å². The fourth-order valence-electron chi connectivity index (χ4n) is 2.44. The summed E-state index contributed by atoms with van der Waals surface area (Å²) < 4.78 is 18.1. The van der Waals surface area contributed by atoms with Gasteiger partial charge in [0.15, 0.2) is 15.8 Å². The molecule has 0 saturated carbocycles. The highest BCUT2D eigenvalue weighted by atomic mass is 32.2. The lowest BCUT2D eigenvalue weighted by Crippen LogP contribution is -1.91. The van der Waals surface area contributed by atoms with Crippen molar-refractivity contribution >= 4 is 33.3 Å². The molecule has 2 aromatic heterocycles.